The third-order valence-electron chi connectivity index (χ3n) is 8.55. The first-order valence-electron chi connectivity index (χ1n) is 13.4. The zero-order valence-electron chi connectivity index (χ0n) is 21.5. The van der Waals surface area contributed by atoms with Gasteiger partial charge in [-0.05, 0) is 73.2 Å². The van der Waals surface area contributed by atoms with Gasteiger partial charge >= 0.3 is 6.18 Å². The van der Waals surface area contributed by atoms with Crippen LogP contribution in [0.3, 0.4) is 0 Å². The first kappa shape index (κ1) is 25.6. The molecule has 5 atom stereocenters. The van der Waals surface area contributed by atoms with E-state index in [1.54, 1.807) is 6.20 Å². The maximum atomic E-state index is 13.0. The van der Waals surface area contributed by atoms with Gasteiger partial charge in [-0.2, -0.15) is 13.2 Å². The standard InChI is InChI=1S/C30H29F3N4O2/c1-2-17-16-37-14-12-18(17)15-24(37)25(22-11-13-34-23-6-4-3-5-21(22)23)36-27-26(28(38)29(27)39)35-20-9-7-19(8-10-20)30(31,32)33/h3-11,13,17-18,24-25,35-36H,2,12,14-16H2,1H3/t17-,18-,24-,25-/m0/s1. The van der Waals surface area contributed by atoms with Crippen LogP contribution in [0.2, 0.25) is 0 Å². The monoisotopic (exact) mass is 534 g/mol. The second-order valence-electron chi connectivity index (χ2n) is 10.7. The number of alkyl halides is 3. The van der Waals surface area contributed by atoms with Crippen molar-refractivity contribution in [2.45, 2.75) is 44.4 Å². The first-order valence-corrected chi connectivity index (χ1v) is 13.4. The van der Waals surface area contributed by atoms with E-state index in [-0.39, 0.29) is 23.5 Å². The van der Waals surface area contributed by atoms with Crippen molar-refractivity contribution >= 4 is 28.0 Å². The van der Waals surface area contributed by atoms with Gasteiger partial charge in [0.05, 0.1) is 17.1 Å². The summed E-state index contributed by atoms with van der Waals surface area (Å²) in [5.41, 5.74) is 0.286. The van der Waals surface area contributed by atoms with Crippen LogP contribution in [0.5, 0.6) is 0 Å². The number of aromatic nitrogens is 1. The van der Waals surface area contributed by atoms with Gasteiger partial charge in [0.15, 0.2) is 0 Å². The number of benzene rings is 2. The van der Waals surface area contributed by atoms with Gasteiger partial charge in [-0.25, -0.2) is 0 Å². The normalized spacial score (nSPS) is 23.7. The van der Waals surface area contributed by atoms with E-state index in [1.165, 1.54) is 12.1 Å². The number of nitrogens with zero attached hydrogens (tertiary/aromatic N) is 2. The van der Waals surface area contributed by atoms with Crippen molar-refractivity contribution in [2.75, 3.05) is 23.7 Å². The van der Waals surface area contributed by atoms with Gasteiger partial charge in [-0.3, -0.25) is 19.5 Å². The van der Waals surface area contributed by atoms with Crippen molar-refractivity contribution < 1.29 is 13.2 Å². The summed E-state index contributed by atoms with van der Waals surface area (Å²) in [6.07, 6.45) is 0.562. The second kappa shape index (κ2) is 9.79. The number of para-hydroxylation sites is 1. The van der Waals surface area contributed by atoms with Gasteiger partial charge in [0.25, 0.3) is 10.9 Å². The number of fused-ring (bicyclic) bond motifs is 4. The molecule has 0 aliphatic carbocycles. The molecule has 1 aromatic heterocycles. The van der Waals surface area contributed by atoms with Gasteiger partial charge in [0.2, 0.25) is 0 Å². The lowest BCUT2D eigenvalue weighted by Gasteiger charge is -2.52. The smallest absolute Gasteiger partial charge is 0.372 e. The Morgan fingerprint density at radius 3 is 2.46 bits per heavy atom. The van der Waals surface area contributed by atoms with Crippen LogP contribution in [0.1, 0.15) is 43.4 Å². The van der Waals surface area contributed by atoms with Gasteiger partial charge in [0, 0.05) is 29.9 Å². The summed E-state index contributed by atoms with van der Waals surface area (Å²) in [5, 5.41) is 7.30. The molecule has 9 heteroatoms. The molecule has 2 bridgehead atoms. The summed E-state index contributed by atoms with van der Waals surface area (Å²) in [7, 11) is 0. The SMILES string of the molecule is CC[C@H]1CN2CC[C@H]1C[C@H]2[C@@H](Nc1c(Nc2ccc(C(F)(F)F)cc2)c(=O)c1=O)c1ccnc2ccccc12. The number of hydrogen-bond donors (Lipinski definition) is 2. The number of pyridine rings is 1. The molecule has 0 saturated carbocycles. The molecule has 4 heterocycles. The lowest BCUT2D eigenvalue weighted by Crippen LogP contribution is -2.56. The molecule has 39 heavy (non-hydrogen) atoms. The maximum Gasteiger partial charge on any atom is 0.416 e. The van der Waals surface area contributed by atoms with Crippen molar-refractivity contribution in [3.8, 4) is 0 Å². The van der Waals surface area contributed by atoms with Crippen LogP contribution in [0.4, 0.5) is 30.2 Å². The summed E-state index contributed by atoms with van der Waals surface area (Å²) in [6, 6.07) is 14.1. The quantitative estimate of drug-likeness (QED) is 0.289. The number of nitrogens with one attached hydrogen (secondary N) is 2. The van der Waals surface area contributed by atoms with E-state index in [9.17, 15) is 22.8 Å². The average molecular weight is 535 g/mol. The molecule has 6 nitrogen and oxygen atoms in total. The van der Waals surface area contributed by atoms with Gasteiger partial charge in [0.1, 0.15) is 11.4 Å². The van der Waals surface area contributed by atoms with Crippen LogP contribution in [0, 0.1) is 11.8 Å². The Hall–Kier alpha value is -3.72. The third-order valence-corrected chi connectivity index (χ3v) is 8.55. The molecular formula is C30H29F3N4O2. The molecule has 3 aliphatic heterocycles. The topological polar surface area (TPSA) is 74.3 Å². The molecule has 0 amide bonds. The summed E-state index contributed by atoms with van der Waals surface area (Å²) >= 11 is 0. The summed E-state index contributed by atoms with van der Waals surface area (Å²) in [6.45, 7) is 4.21. The van der Waals surface area contributed by atoms with Gasteiger partial charge < -0.3 is 10.6 Å². The van der Waals surface area contributed by atoms with Crippen LogP contribution in [0.15, 0.2) is 70.4 Å². The van der Waals surface area contributed by atoms with Crippen LogP contribution < -0.4 is 21.5 Å². The zero-order valence-corrected chi connectivity index (χ0v) is 21.5. The van der Waals surface area contributed by atoms with E-state index >= 15 is 0 Å². The number of rotatable bonds is 7. The molecule has 3 fully saturated rings. The number of anilines is 3. The van der Waals surface area contributed by atoms with E-state index in [2.05, 4.69) is 27.4 Å². The van der Waals surface area contributed by atoms with Crippen molar-refractivity contribution in [3.05, 3.63) is 92.4 Å². The van der Waals surface area contributed by atoms with Crippen LogP contribution >= 0.6 is 0 Å². The number of halogens is 3. The van der Waals surface area contributed by atoms with Crippen LogP contribution in [-0.2, 0) is 6.18 Å². The molecule has 202 valence electrons. The molecule has 4 aromatic rings. The molecule has 3 saturated heterocycles. The van der Waals surface area contributed by atoms with Gasteiger partial charge in [-0.15, -0.1) is 0 Å². The number of piperidine rings is 3. The lowest BCUT2D eigenvalue weighted by molar-refractivity contribution is -0.137. The molecule has 0 spiro atoms. The third kappa shape index (κ3) is 4.58. The minimum Gasteiger partial charge on any atom is -0.372 e. The van der Waals surface area contributed by atoms with E-state index in [0.717, 1.165) is 61.0 Å². The fraction of sp³-hybridized carbons (Fsp3) is 0.367. The van der Waals surface area contributed by atoms with E-state index < -0.39 is 22.6 Å². The highest BCUT2D eigenvalue weighted by Crippen LogP contribution is 2.44. The predicted octanol–water partition coefficient (Wildman–Crippen LogP) is 5.87. The molecule has 2 N–H and O–H groups in total. The van der Waals surface area contributed by atoms with E-state index in [0.29, 0.717) is 17.5 Å². The van der Waals surface area contributed by atoms with Gasteiger partial charge in [-0.1, -0.05) is 31.5 Å². The summed E-state index contributed by atoms with van der Waals surface area (Å²) < 4.78 is 39.0. The van der Waals surface area contributed by atoms with E-state index in [1.807, 2.05) is 30.3 Å². The molecular weight excluding hydrogens is 505 g/mol. The Labute approximate surface area is 223 Å². The van der Waals surface area contributed by atoms with Crippen LogP contribution in [0.25, 0.3) is 10.9 Å². The molecule has 1 unspecified atom stereocenters. The zero-order chi connectivity index (χ0) is 27.3. The van der Waals surface area contributed by atoms with Crippen molar-refractivity contribution in [1.29, 1.82) is 0 Å². The molecule has 3 aliphatic rings. The molecule has 0 radical (unpaired) electrons. The largest absolute Gasteiger partial charge is 0.416 e. The highest BCUT2D eigenvalue weighted by atomic mass is 19.4. The minimum absolute atomic E-state index is 0.0746. The van der Waals surface area contributed by atoms with Crippen molar-refractivity contribution in [1.82, 2.24) is 9.88 Å². The predicted molar refractivity (Wildman–Crippen MR) is 146 cm³/mol. The number of hydrogen-bond acceptors (Lipinski definition) is 6. The Bertz CT molecular complexity index is 1570. The minimum atomic E-state index is -4.46. The first-order chi connectivity index (χ1) is 18.7. The fourth-order valence-electron chi connectivity index (χ4n) is 6.45. The molecule has 3 aromatic carbocycles. The Morgan fingerprint density at radius 1 is 1.03 bits per heavy atom. The van der Waals surface area contributed by atoms with Crippen molar-refractivity contribution in [3.63, 3.8) is 0 Å². The lowest BCUT2D eigenvalue weighted by atomic mass is 9.72. The Balaban J connectivity index is 1.36. The van der Waals surface area contributed by atoms with Crippen LogP contribution in [-0.4, -0.2) is 29.0 Å². The average Bonchev–Trinajstić information content (AvgIpc) is 2.96. The fourth-order valence-corrected chi connectivity index (χ4v) is 6.45. The van der Waals surface area contributed by atoms with E-state index in [4.69, 9.17) is 0 Å². The molecule has 7 rings (SSSR count). The van der Waals surface area contributed by atoms with Crippen molar-refractivity contribution in [2.24, 2.45) is 11.8 Å². The highest BCUT2D eigenvalue weighted by Gasteiger charge is 2.44. The summed E-state index contributed by atoms with van der Waals surface area (Å²) in [4.78, 5) is 32.4. The highest BCUT2D eigenvalue weighted by molar-refractivity contribution is 5.84. The Kier molecular flexibility index (Phi) is 6.41. The summed E-state index contributed by atoms with van der Waals surface area (Å²) in [5.74, 6) is 1.24. The second-order valence-corrected chi connectivity index (χ2v) is 10.7. The Morgan fingerprint density at radius 2 is 1.77 bits per heavy atom. The maximum absolute atomic E-state index is 13.0.